The van der Waals surface area contributed by atoms with E-state index in [0.717, 1.165) is 32.5 Å². The Balaban J connectivity index is 1.98. The van der Waals surface area contributed by atoms with Gasteiger partial charge in [-0.25, -0.2) is 0 Å². The number of rotatable bonds is 6. The Kier molecular flexibility index (Phi) is 5.63. The molecule has 1 aliphatic carbocycles. The number of nitrogens with one attached hydrogen (secondary N) is 2. The number of methoxy groups -OCH3 is 1. The molecule has 0 atom stereocenters. The van der Waals surface area contributed by atoms with Crippen LogP contribution in [0.15, 0.2) is 0 Å². The van der Waals surface area contributed by atoms with Gasteiger partial charge in [0.05, 0.1) is 12.0 Å². The lowest BCUT2D eigenvalue weighted by molar-refractivity contribution is -0.136. The maximum atomic E-state index is 12.8. The molecule has 0 spiro atoms. The number of amides is 1. The maximum absolute atomic E-state index is 12.8. The van der Waals surface area contributed by atoms with Crippen molar-refractivity contribution in [1.82, 2.24) is 15.5 Å². The summed E-state index contributed by atoms with van der Waals surface area (Å²) in [5.41, 5.74) is -0.192. The van der Waals surface area contributed by atoms with E-state index < -0.39 is 0 Å². The van der Waals surface area contributed by atoms with Crippen LogP contribution in [0, 0.1) is 5.41 Å². The summed E-state index contributed by atoms with van der Waals surface area (Å²) >= 11 is 0. The summed E-state index contributed by atoms with van der Waals surface area (Å²) < 4.78 is 5.35. The third-order valence-corrected chi connectivity index (χ3v) is 5.52. The van der Waals surface area contributed by atoms with Gasteiger partial charge in [-0.2, -0.15) is 0 Å². The predicted molar refractivity (Wildman–Crippen MR) is 84.3 cm³/mol. The highest BCUT2D eigenvalue weighted by Crippen LogP contribution is 2.34. The summed E-state index contributed by atoms with van der Waals surface area (Å²) in [7, 11) is 5.95. The van der Waals surface area contributed by atoms with Gasteiger partial charge in [0.15, 0.2) is 0 Å². The molecule has 0 radical (unpaired) electrons. The van der Waals surface area contributed by atoms with Crippen LogP contribution in [-0.4, -0.2) is 63.8 Å². The van der Waals surface area contributed by atoms with Crippen LogP contribution in [0.5, 0.6) is 0 Å². The Morgan fingerprint density at radius 3 is 2.33 bits per heavy atom. The summed E-state index contributed by atoms with van der Waals surface area (Å²) in [6.45, 7) is 3.08. The molecule has 1 aliphatic heterocycles. The number of nitrogens with zero attached hydrogens (tertiary/aromatic N) is 1. The van der Waals surface area contributed by atoms with E-state index in [1.54, 1.807) is 7.11 Å². The zero-order valence-corrected chi connectivity index (χ0v) is 13.8. The Morgan fingerprint density at radius 1 is 1.19 bits per heavy atom. The van der Waals surface area contributed by atoms with Crippen molar-refractivity contribution < 1.29 is 9.53 Å². The van der Waals surface area contributed by atoms with Crippen LogP contribution in [0.3, 0.4) is 0 Å². The number of ether oxygens (including phenoxy) is 1. The van der Waals surface area contributed by atoms with E-state index >= 15 is 0 Å². The van der Waals surface area contributed by atoms with Crippen molar-refractivity contribution in [1.29, 1.82) is 0 Å². The largest absolute Gasteiger partial charge is 0.384 e. The van der Waals surface area contributed by atoms with Gasteiger partial charge in [0, 0.05) is 19.2 Å². The van der Waals surface area contributed by atoms with Crippen LogP contribution in [0.1, 0.15) is 38.5 Å². The van der Waals surface area contributed by atoms with E-state index in [-0.39, 0.29) is 16.9 Å². The normalized spacial score (nSPS) is 24.2. The van der Waals surface area contributed by atoms with E-state index in [1.807, 2.05) is 0 Å². The molecule has 0 aromatic rings. The molecule has 1 saturated carbocycles. The Bertz CT molecular complexity index is 340. The summed E-state index contributed by atoms with van der Waals surface area (Å²) in [5.74, 6) is 0.180. The van der Waals surface area contributed by atoms with Crippen molar-refractivity contribution in [2.75, 3.05) is 47.4 Å². The number of hydrogen-bond acceptors (Lipinski definition) is 4. The molecular formula is C16H31N3O2. The molecule has 5 nitrogen and oxygen atoms in total. The molecule has 1 amide bonds. The number of carbonyl (C=O) groups is 1. The summed E-state index contributed by atoms with van der Waals surface area (Å²) in [4.78, 5) is 15.1. The third kappa shape index (κ3) is 3.58. The van der Waals surface area contributed by atoms with Crippen molar-refractivity contribution in [3.63, 3.8) is 0 Å². The van der Waals surface area contributed by atoms with Gasteiger partial charge < -0.3 is 20.3 Å². The second-order valence-electron chi connectivity index (χ2n) is 6.97. The molecule has 21 heavy (non-hydrogen) atoms. The van der Waals surface area contributed by atoms with Gasteiger partial charge in [0.2, 0.25) is 5.91 Å². The number of likely N-dealkylation sites (N-methyl/N-ethyl adjacent to an activating group) is 1. The topological polar surface area (TPSA) is 53.6 Å². The molecule has 1 saturated heterocycles. The average Bonchev–Trinajstić information content (AvgIpc) is 2.96. The first-order valence-corrected chi connectivity index (χ1v) is 8.20. The minimum absolute atomic E-state index is 0.150. The second-order valence-corrected chi connectivity index (χ2v) is 6.97. The second kappa shape index (κ2) is 7.07. The number of hydrogen-bond donors (Lipinski definition) is 2. The lowest BCUT2D eigenvalue weighted by atomic mass is 9.78. The molecule has 2 fully saturated rings. The highest BCUT2D eigenvalue weighted by molar-refractivity contribution is 5.83. The van der Waals surface area contributed by atoms with Crippen LogP contribution in [0.2, 0.25) is 0 Å². The van der Waals surface area contributed by atoms with E-state index in [9.17, 15) is 4.79 Å². The molecule has 0 aromatic carbocycles. The molecule has 1 heterocycles. The van der Waals surface area contributed by atoms with Gasteiger partial charge in [0.1, 0.15) is 0 Å². The van der Waals surface area contributed by atoms with Crippen LogP contribution in [0.4, 0.5) is 0 Å². The molecule has 122 valence electrons. The SMILES string of the molecule is COCC1(C(=O)NCC2(N(C)C)CCCC2)CCNCC1. The average molecular weight is 297 g/mol. The highest BCUT2D eigenvalue weighted by Gasteiger charge is 2.42. The Hall–Kier alpha value is -0.650. The van der Waals surface area contributed by atoms with E-state index in [2.05, 4.69) is 29.6 Å². The van der Waals surface area contributed by atoms with Crippen molar-refractivity contribution >= 4 is 5.91 Å². The minimum atomic E-state index is -0.341. The van der Waals surface area contributed by atoms with Crippen LogP contribution >= 0.6 is 0 Å². The molecule has 5 heteroatoms. The number of piperidine rings is 1. The minimum Gasteiger partial charge on any atom is -0.384 e. The molecule has 0 unspecified atom stereocenters. The van der Waals surface area contributed by atoms with Gasteiger partial charge in [-0.15, -0.1) is 0 Å². The van der Waals surface area contributed by atoms with Crippen LogP contribution in [0.25, 0.3) is 0 Å². The molecule has 0 aromatic heterocycles. The van der Waals surface area contributed by atoms with Crippen molar-refractivity contribution in [2.45, 2.75) is 44.1 Å². The van der Waals surface area contributed by atoms with Gasteiger partial charge in [-0.1, -0.05) is 12.8 Å². The summed E-state index contributed by atoms with van der Waals surface area (Å²) in [6, 6.07) is 0. The maximum Gasteiger partial charge on any atom is 0.228 e. The fourth-order valence-electron chi connectivity index (χ4n) is 3.87. The first-order chi connectivity index (χ1) is 10.0. The van der Waals surface area contributed by atoms with E-state index in [0.29, 0.717) is 6.61 Å². The predicted octanol–water partition coefficient (Wildman–Crippen LogP) is 0.993. The van der Waals surface area contributed by atoms with Crippen molar-refractivity contribution in [2.24, 2.45) is 5.41 Å². The van der Waals surface area contributed by atoms with Crippen molar-refractivity contribution in [3.05, 3.63) is 0 Å². The Labute approximate surface area is 128 Å². The lowest BCUT2D eigenvalue weighted by Crippen LogP contribution is -2.56. The molecule has 2 rings (SSSR count). The van der Waals surface area contributed by atoms with Crippen LogP contribution in [-0.2, 0) is 9.53 Å². The van der Waals surface area contributed by atoms with Gasteiger partial charge >= 0.3 is 0 Å². The monoisotopic (exact) mass is 297 g/mol. The molecule has 0 bridgehead atoms. The first-order valence-electron chi connectivity index (χ1n) is 8.20. The third-order valence-electron chi connectivity index (χ3n) is 5.52. The standard InChI is InChI=1S/C16H31N3O2/c1-19(2)16(6-4-5-7-16)12-18-14(20)15(13-21-3)8-10-17-11-9-15/h17H,4-13H2,1-3H3,(H,18,20). The van der Waals surface area contributed by atoms with Crippen molar-refractivity contribution in [3.8, 4) is 0 Å². The van der Waals surface area contributed by atoms with Crippen LogP contribution < -0.4 is 10.6 Å². The smallest absolute Gasteiger partial charge is 0.228 e. The quantitative estimate of drug-likeness (QED) is 0.768. The molecular weight excluding hydrogens is 266 g/mol. The van der Waals surface area contributed by atoms with Gasteiger partial charge in [-0.05, 0) is 52.9 Å². The van der Waals surface area contributed by atoms with E-state index in [4.69, 9.17) is 4.74 Å². The zero-order chi connectivity index (χ0) is 15.3. The Morgan fingerprint density at radius 2 is 1.81 bits per heavy atom. The van der Waals surface area contributed by atoms with Gasteiger partial charge in [-0.3, -0.25) is 4.79 Å². The fourth-order valence-corrected chi connectivity index (χ4v) is 3.87. The van der Waals surface area contributed by atoms with Gasteiger partial charge in [0.25, 0.3) is 0 Å². The summed E-state index contributed by atoms with van der Waals surface area (Å²) in [6.07, 6.45) is 6.61. The fraction of sp³-hybridized carbons (Fsp3) is 0.938. The summed E-state index contributed by atoms with van der Waals surface area (Å²) in [5, 5.41) is 6.59. The highest BCUT2D eigenvalue weighted by atomic mass is 16.5. The first kappa shape index (κ1) is 16.7. The van der Waals surface area contributed by atoms with E-state index in [1.165, 1.54) is 25.7 Å². The number of carbonyl (C=O) groups excluding carboxylic acids is 1. The molecule has 2 N–H and O–H groups in total. The molecule has 2 aliphatic rings. The lowest BCUT2D eigenvalue weighted by Gasteiger charge is -2.40. The zero-order valence-electron chi connectivity index (χ0n) is 13.8.